The van der Waals surface area contributed by atoms with Crippen LogP contribution in [-0.2, 0) is 18.4 Å². The van der Waals surface area contributed by atoms with E-state index in [0.717, 1.165) is 12.8 Å². The summed E-state index contributed by atoms with van der Waals surface area (Å²) in [5.41, 5.74) is 0. The average Bonchev–Trinajstić information content (AvgIpc) is 2.82. The third kappa shape index (κ3) is 3.46. The highest BCUT2D eigenvalue weighted by Crippen LogP contribution is 2.24. The maximum atomic E-state index is 11.8. The molecule has 8 heteroatoms. The molecule has 0 aliphatic heterocycles. The van der Waals surface area contributed by atoms with E-state index in [9.17, 15) is 9.59 Å². The summed E-state index contributed by atoms with van der Waals surface area (Å²) in [6, 6.07) is -0.674. The van der Waals surface area contributed by atoms with Crippen molar-refractivity contribution >= 4 is 12.0 Å². The number of aryl methyl sites for hydroxylation is 1. The van der Waals surface area contributed by atoms with Crippen molar-refractivity contribution in [1.29, 1.82) is 0 Å². The number of carbonyl (C=O) groups is 2. The van der Waals surface area contributed by atoms with E-state index in [0.29, 0.717) is 18.7 Å². The molecule has 0 spiro atoms. The van der Waals surface area contributed by atoms with Crippen LogP contribution in [0.3, 0.4) is 0 Å². The first kappa shape index (κ1) is 14.3. The number of carboxylic acids is 1. The molecule has 0 bridgehead atoms. The zero-order valence-electron chi connectivity index (χ0n) is 11.4. The zero-order valence-corrected chi connectivity index (χ0v) is 11.4. The van der Waals surface area contributed by atoms with Crippen molar-refractivity contribution in [2.24, 2.45) is 13.0 Å². The highest BCUT2D eigenvalue weighted by molar-refractivity contribution is 5.76. The van der Waals surface area contributed by atoms with E-state index in [2.05, 4.69) is 20.8 Å². The van der Waals surface area contributed by atoms with Crippen LogP contribution in [0.15, 0.2) is 6.33 Å². The lowest BCUT2D eigenvalue weighted by Gasteiger charge is -2.29. The van der Waals surface area contributed by atoms with E-state index in [1.165, 1.54) is 0 Å². The zero-order chi connectivity index (χ0) is 14.5. The van der Waals surface area contributed by atoms with Crippen molar-refractivity contribution in [2.45, 2.75) is 38.3 Å². The molecule has 1 heterocycles. The fourth-order valence-electron chi connectivity index (χ4n) is 2.45. The summed E-state index contributed by atoms with van der Waals surface area (Å²) in [6.07, 6.45) is 4.71. The average molecular weight is 281 g/mol. The van der Waals surface area contributed by atoms with Crippen LogP contribution in [0.2, 0.25) is 0 Å². The Bertz CT molecular complexity index is 487. The third-order valence-corrected chi connectivity index (χ3v) is 3.61. The van der Waals surface area contributed by atoms with E-state index in [1.807, 2.05) is 0 Å². The summed E-state index contributed by atoms with van der Waals surface area (Å²) in [5.74, 6) is -0.703. The van der Waals surface area contributed by atoms with Crippen molar-refractivity contribution in [3.05, 3.63) is 12.2 Å². The molecule has 2 amide bonds. The number of amides is 2. The number of aliphatic carboxylic acids is 1. The van der Waals surface area contributed by atoms with Crippen molar-refractivity contribution in [1.82, 2.24) is 25.4 Å². The number of nitrogens with one attached hydrogen (secondary N) is 2. The van der Waals surface area contributed by atoms with Crippen LogP contribution >= 0.6 is 0 Å². The molecule has 1 aliphatic carbocycles. The molecule has 0 aromatic carbocycles. The Labute approximate surface area is 116 Å². The minimum absolute atomic E-state index is 0.257. The van der Waals surface area contributed by atoms with Crippen LogP contribution in [0.4, 0.5) is 4.79 Å². The van der Waals surface area contributed by atoms with Crippen molar-refractivity contribution in [2.75, 3.05) is 0 Å². The first-order chi connectivity index (χ1) is 9.58. The van der Waals surface area contributed by atoms with Gasteiger partial charge in [-0.05, 0) is 12.8 Å². The van der Waals surface area contributed by atoms with E-state index >= 15 is 0 Å². The van der Waals surface area contributed by atoms with Gasteiger partial charge in [0.1, 0.15) is 6.33 Å². The number of rotatable bonds is 4. The van der Waals surface area contributed by atoms with Crippen LogP contribution in [0.1, 0.15) is 31.5 Å². The number of hydrogen-bond donors (Lipinski definition) is 3. The molecule has 1 aromatic rings. The van der Waals surface area contributed by atoms with Crippen LogP contribution in [0, 0.1) is 5.92 Å². The Kier molecular flexibility index (Phi) is 4.54. The molecule has 2 rings (SSSR count). The minimum Gasteiger partial charge on any atom is -0.481 e. The second-order valence-electron chi connectivity index (χ2n) is 5.02. The number of hydrogen-bond acceptors (Lipinski definition) is 4. The van der Waals surface area contributed by atoms with Gasteiger partial charge in [-0.25, -0.2) is 4.79 Å². The number of nitrogens with zero attached hydrogens (tertiary/aromatic N) is 3. The highest BCUT2D eigenvalue weighted by Gasteiger charge is 2.31. The fourth-order valence-corrected chi connectivity index (χ4v) is 2.45. The summed E-state index contributed by atoms with van der Waals surface area (Å²) >= 11 is 0. The van der Waals surface area contributed by atoms with Crippen LogP contribution in [0.5, 0.6) is 0 Å². The van der Waals surface area contributed by atoms with E-state index < -0.39 is 11.9 Å². The predicted molar refractivity (Wildman–Crippen MR) is 69.8 cm³/mol. The van der Waals surface area contributed by atoms with Crippen molar-refractivity contribution in [3.63, 3.8) is 0 Å². The summed E-state index contributed by atoms with van der Waals surface area (Å²) < 4.78 is 1.71. The van der Waals surface area contributed by atoms with E-state index in [-0.39, 0.29) is 18.6 Å². The lowest BCUT2D eigenvalue weighted by Crippen LogP contribution is -2.48. The van der Waals surface area contributed by atoms with Gasteiger partial charge in [0.15, 0.2) is 5.82 Å². The van der Waals surface area contributed by atoms with Gasteiger partial charge in [-0.3, -0.25) is 4.79 Å². The Morgan fingerprint density at radius 1 is 1.45 bits per heavy atom. The molecule has 2 unspecified atom stereocenters. The Hall–Kier alpha value is -2.12. The van der Waals surface area contributed by atoms with Gasteiger partial charge in [-0.2, -0.15) is 0 Å². The lowest BCUT2D eigenvalue weighted by atomic mass is 9.84. The van der Waals surface area contributed by atoms with Gasteiger partial charge in [-0.15, -0.1) is 10.2 Å². The van der Waals surface area contributed by atoms with Gasteiger partial charge in [0, 0.05) is 13.1 Å². The Balaban J connectivity index is 1.84. The highest BCUT2D eigenvalue weighted by atomic mass is 16.4. The molecular formula is C12H19N5O3. The minimum atomic E-state index is -0.844. The normalized spacial score (nSPS) is 22.2. The number of carbonyl (C=O) groups excluding carboxylic acids is 1. The molecule has 1 fully saturated rings. The van der Waals surface area contributed by atoms with Gasteiger partial charge in [0.25, 0.3) is 0 Å². The molecule has 1 saturated carbocycles. The standard InChI is InChI=1S/C12H19N5O3/c1-17-7-14-16-10(17)6-13-12(20)15-9-5-3-2-4-8(9)11(18)19/h7-9H,2-6H2,1H3,(H,18,19)(H2,13,15,20). The molecule has 110 valence electrons. The van der Waals surface area contributed by atoms with Gasteiger partial charge in [-0.1, -0.05) is 12.8 Å². The van der Waals surface area contributed by atoms with Crippen molar-refractivity contribution < 1.29 is 14.7 Å². The number of carboxylic acid groups (broad SMARTS) is 1. The molecular weight excluding hydrogens is 262 g/mol. The molecule has 0 saturated heterocycles. The van der Waals surface area contributed by atoms with Gasteiger partial charge < -0.3 is 20.3 Å². The van der Waals surface area contributed by atoms with Gasteiger partial charge in [0.2, 0.25) is 0 Å². The third-order valence-electron chi connectivity index (χ3n) is 3.61. The molecule has 1 aromatic heterocycles. The van der Waals surface area contributed by atoms with Crippen LogP contribution in [-0.4, -0.2) is 37.9 Å². The Morgan fingerprint density at radius 3 is 2.85 bits per heavy atom. The summed E-state index contributed by atoms with van der Waals surface area (Å²) in [7, 11) is 1.79. The van der Waals surface area contributed by atoms with Crippen LogP contribution < -0.4 is 10.6 Å². The van der Waals surface area contributed by atoms with Gasteiger partial charge in [0.05, 0.1) is 12.5 Å². The smallest absolute Gasteiger partial charge is 0.315 e. The SMILES string of the molecule is Cn1cnnc1CNC(=O)NC1CCCCC1C(=O)O. The second kappa shape index (κ2) is 6.36. The first-order valence-corrected chi connectivity index (χ1v) is 6.68. The van der Waals surface area contributed by atoms with E-state index in [4.69, 9.17) is 5.11 Å². The molecule has 2 atom stereocenters. The summed E-state index contributed by atoms with van der Waals surface area (Å²) in [5, 5.41) is 22.1. The summed E-state index contributed by atoms with van der Waals surface area (Å²) in [4.78, 5) is 23.0. The van der Waals surface area contributed by atoms with Crippen LogP contribution in [0.25, 0.3) is 0 Å². The molecule has 0 radical (unpaired) electrons. The molecule has 8 nitrogen and oxygen atoms in total. The fraction of sp³-hybridized carbons (Fsp3) is 0.667. The molecule has 1 aliphatic rings. The topological polar surface area (TPSA) is 109 Å². The predicted octanol–water partition coefficient (Wildman–Crippen LogP) is 0.258. The second-order valence-corrected chi connectivity index (χ2v) is 5.02. The lowest BCUT2D eigenvalue weighted by molar-refractivity contribution is -0.143. The maximum absolute atomic E-state index is 11.8. The first-order valence-electron chi connectivity index (χ1n) is 6.68. The number of urea groups is 1. The maximum Gasteiger partial charge on any atom is 0.315 e. The summed E-state index contributed by atoms with van der Waals surface area (Å²) in [6.45, 7) is 0.257. The van der Waals surface area contributed by atoms with E-state index in [1.54, 1.807) is 17.9 Å². The number of aromatic nitrogens is 3. The van der Waals surface area contributed by atoms with Crippen molar-refractivity contribution in [3.8, 4) is 0 Å². The Morgan fingerprint density at radius 2 is 2.20 bits per heavy atom. The monoisotopic (exact) mass is 281 g/mol. The largest absolute Gasteiger partial charge is 0.481 e. The quantitative estimate of drug-likeness (QED) is 0.733. The molecule has 20 heavy (non-hydrogen) atoms. The molecule has 3 N–H and O–H groups in total. The van der Waals surface area contributed by atoms with Gasteiger partial charge >= 0.3 is 12.0 Å².